The zero-order valence-electron chi connectivity index (χ0n) is 12.8. The normalized spacial score (nSPS) is 12.2. The largest absolute Gasteiger partial charge is 0.457 e. The zero-order chi connectivity index (χ0) is 15.2. The fourth-order valence-electron chi connectivity index (χ4n) is 2.39. The molecular formula is C18H22FNO. The highest BCUT2D eigenvalue weighted by Gasteiger charge is 2.14. The predicted molar refractivity (Wildman–Crippen MR) is 84.4 cm³/mol. The molecule has 1 atom stereocenters. The van der Waals surface area contributed by atoms with E-state index in [9.17, 15) is 4.39 Å². The number of benzene rings is 2. The predicted octanol–water partition coefficient (Wildman–Crippen LogP) is 4.99. The van der Waals surface area contributed by atoms with Crippen LogP contribution in [0, 0.1) is 12.7 Å². The molecule has 2 aromatic carbocycles. The minimum atomic E-state index is -0.213. The molecule has 1 N–H and O–H groups in total. The molecule has 2 aromatic rings. The van der Waals surface area contributed by atoms with Crippen LogP contribution in [0.25, 0.3) is 0 Å². The van der Waals surface area contributed by atoms with Gasteiger partial charge in [-0.15, -0.1) is 0 Å². The molecule has 0 aromatic heterocycles. The van der Waals surface area contributed by atoms with E-state index in [1.54, 1.807) is 19.1 Å². The SMILES string of the molecule is CCNC(CC)c1ccccc1Oc1ccc(F)c(C)c1. The van der Waals surface area contributed by atoms with Crippen molar-refractivity contribution in [2.45, 2.75) is 33.2 Å². The molecule has 0 aliphatic heterocycles. The highest BCUT2D eigenvalue weighted by Crippen LogP contribution is 2.31. The van der Waals surface area contributed by atoms with Gasteiger partial charge in [0.2, 0.25) is 0 Å². The van der Waals surface area contributed by atoms with Crippen LogP contribution in [0.3, 0.4) is 0 Å². The van der Waals surface area contributed by atoms with E-state index in [-0.39, 0.29) is 11.9 Å². The number of hydrogen-bond acceptors (Lipinski definition) is 2. The van der Waals surface area contributed by atoms with Crippen molar-refractivity contribution in [3.05, 3.63) is 59.4 Å². The van der Waals surface area contributed by atoms with Crippen LogP contribution in [0.15, 0.2) is 42.5 Å². The maximum absolute atomic E-state index is 13.3. The summed E-state index contributed by atoms with van der Waals surface area (Å²) in [5.41, 5.74) is 1.72. The lowest BCUT2D eigenvalue weighted by atomic mass is 10.0. The second-order valence-corrected chi connectivity index (χ2v) is 5.07. The van der Waals surface area contributed by atoms with Gasteiger partial charge in [0.05, 0.1) is 0 Å². The number of para-hydroxylation sites is 1. The summed E-state index contributed by atoms with van der Waals surface area (Å²) in [5.74, 6) is 1.26. The lowest BCUT2D eigenvalue weighted by Crippen LogP contribution is -2.20. The molecule has 2 nitrogen and oxygen atoms in total. The van der Waals surface area contributed by atoms with Gasteiger partial charge in [0.1, 0.15) is 17.3 Å². The van der Waals surface area contributed by atoms with Crippen LogP contribution >= 0.6 is 0 Å². The fourth-order valence-corrected chi connectivity index (χ4v) is 2.39. The van der Waals surface area contributed by atoms with Gasteiger partial charge in [-0.2, -0.15) is 0 Å². The first-order valence-corrected chi connectivity index (χ1v) is 7.42. The second-order valence-electron chi connectivity index (χ2n) is 5.07. The topological polar surface area (TPSA) is 21.3 Å². The Hall–Kier alpha value is -1.87. The molecule has 1 unspecified atom stereocenters. The third-order valence-corrected chi connectivity index (χ3v) is 3.51. The van der Waals surface area contributed by atoms with E-state index in [1.165, 1.54) is 6.07 Å². The summed E-state index contributed by atoms with van der Waals surface area (Å²) in [7, 11) is 0. The lowest BCUT2D eigenvalue weighted by Gasteiger charge is -2.20. The van der Waals surface area contributed by atoms with Crippen molar-refractivity contribution in [2.75, 3.05) is 6.54 Å². The van der Waals surface area contributed by atoms with Gasteiger partial charge in [0, 0.05) is 11.6 Å². The van der Waals surface area contributed by atoms with Crippen molar-refractivity contribution >= 4 is 0 Å². The molecule has 21 heavy (non-hydrogen) atoms. The highest BCUT2D eigenvalue weighted by atomic mass is 19.1. The van der Waals surface area contributed by atoms with Crippen molar-refractivity contribution in [1.29, 1.82) is 0 Å². The van der Waals surface area contributed by atoms with E-state index < -0.39 is 0 Å². The highest BCUT2D eigenvalue weighted by molar-refractivity contribution is 5.40. The molecule has 0 fully saturated rings. The number of hydrogen-bond donors (Lipinski definition) is 1. The van der Waals surface area contributed by atoms with E-state index in [0.717, 1.165) is 24.3 Å². The smallest absolute Gasteiger partial charge is 0.132 e. The molecule has 0 aliphatic carbocycles. The van der Waals surface area contributed by atoms with Crippen LogP contribution in [-0.4, -0.2) is 6.54 Å². The van der Waals surface area contributed by atoms with Gasteiger partial charge in [0.15, 0.2) is 0 Å². The van der Waals surface area contributed by atoms with Crippen LogP contribution < -0.4 is 10.1 Å². The van der Waals surface area contributed by atoms with Crippen molar-refractivity contribution < 1.29 is 9.13 Å². The van der Waals surface area contributed by atoms with Gasteiger partial charge in [-0.25, -0.2) is 4.39 Å². The molecule has 0 amide bonds. The molecule has 0 spiro atoms. The summed E-state index contributed by atoms with van der Waals surface area (Å²) < 4.78 is 19.3. The van der Waals surface area contributed by atoms with Crippen LogP contribution in [0.2, 0.25) is 0 Å². The quantitative estimate of drug-likeness (QED) is 0.808. The molecule has 0 aliphatic rings. The van der Waals surface area contributed by atoms with Crippen molar-refractivity contribution in [2.24, 2.45) is 0 Å². The zero-order valence-corrected chi connectivity index (χ0v) is 12.8. The molecule has 2 rings (SSSR count). The van der Waals surface area contributed by atoms with Gasteiger partial charge in [-0.3, -0.25) is 0 Å². The van der Waals surface area contributed by atoms with Crippen LogP contribution in [-0.2, 0) is 0 Å². The van der Waals surface area contributed by atoms with Crippen LogP contribution in [0.5, 0.6) is 11.5 Å². The van der Waals surface area contributed by atoms with E-state index >= 15 is 0 Å². The third-order valence-electron chi connectivity index (χ3n) is 3.51. The minimum Gasteiger partial charge on any atom is -0.457 e. The standard InChI is InChI=1S/C18H22FNO/c1-4-17(20-5-2)15-8-6-7-9-18(15)21-14-10-11-16(19)13(3)12-14/h6-12,17,20H,4-5H2,1-3H3. The Kier molecular flexibility index (Phi) is 5.34. The first kappa shape index (κ1) is 15.5. The summed E-state index contributed by atoms with van der Waals surface area (Å²) in [6, 6.07) is 13.1. The van der Waals surface area contributed by atoms with Gasteiger partial charge in [-0.05, 0) is 49.7 Å². The molecule has 0 heterocycles. The Labute approximate surface area is 126 Å². The molecular weight excluding hydrogens is 265 g/mol. The summed E-state index contributed by atoms with van der Waals surface area (Å²) in [6.07, 6.45) is 0.983. The third kappa shape index (κ3) is 3.82. The number of aryl methyl sites for hydroxylation is 1. The molecule has 0 saturated heterocycles. The Morgan fingerprint density at radius 3 is 2.57 bits per heavy atom. The van der Waals surface area contributed by atoms with Crippen molar-refractivity contribution in [3.63, 3.8) is 0 Å². The van der Waals surface area contributed by atoms with E-state index in [2.05, 4.69) is 25.2 Å². The van der Waals surface area contributed by atoms with Gasteiger partial charge < -0.3 is 10.1 Å². The Balaban J connectivity index is 2.29. The maximum atomic E-state index is 13.3. The van der Waals surface area contributed by atoms with Crippen LogP contribution in [0.4, 0.5) is 4.39 Å². The van der Waals surface area contributed by atoms with E-state index in [1.807, 2.05) is 18.2 Å². The number of ether oxygens (including phenoxy) is 1. The Bertz CT molecular complexity index is 598. The Morgan fingerprint density at radius 1 is 1.14 bits per heavy atom. The average molecular weight is 287 g/mol. The summed E-state index contributed by atoms with van der Waals surface area (Å²) >= 11 is 0. The van der Waals surface area contributed by atoms with Gasteiger partial charge in [0.25, 0.3) is 0 Å². The summed E-state index contributed by atoms with van der Waals surface area (Å²) in [4.78, 5) is 0. The van der Waals surface area contributed by atoms with Crippen LogP contribution in [0.1, 0.15) is 37.4 Å². The minimum absolute atomic E-state index is 0.213. The number of rotatable bonds is 6. The second kappa shape index (κ2) is 7.23. The van der Waals surface area contributed by atoms with E-state index in [0.29, 0.717) is 11.3 Å². The van der Waals surface area contributed by atoms with Gasteiger partial charge >= 0.3 is 0 Å². The fraction of sp³-hybridized carbons (Fsp3) is 0.333. The molecule has 0 saturated carbocycles. The monoisotopic (exact) mass is 287 g/mol. The summed E-state index contributed by atoms with van der Waals surface area (Å²) in [5, 5.41) is 3.46. The first-order valence-electron chi connectivity index (χ1n) is 7.42. The Morgan fingerprint density at radius 2 is 1.90 bits per heavy atom. The van der Waals surface area contributed by atoms with Crippen molar-refractivity contribution in [3.8, 4) is 11.5 Å². The molecule has 0 bridgehead atoms. The average Bonchev–Trinajstić information content (AvgIpc) is 2.49. The molecule has 112 valence electrons. The molecule has 0 radical (unpaired) electrons. The molecule has 3 heteroatoms. The van der Waals surface area contributed by atoms with E-state index in [4.69, 9.17) is 4.74 Å². The van der Waals surface area contributed by atoms with Gasteiger partial charge in [-0.1, -0.05) is 32.0 Å². The lowest BCUT2D eigenvalue weighted by molar-refractivity contribution is 0.451. The summed E-state index contributed by atoms with van der Waals surface area (Å²) in [6.45, 7) is 6.88. The number of halogens is 1. The first-order chi connectivity index (χ1) is 10.2. The number of nitrogens with one attached hydrogen (secondary N) is 1. The maximum Gasteiger partial charge on any atom is 0.132 e. The van der Waals surface area contributed by atoms with Crippen molar-refractivity contribution in [1.82, 2.24) is 5.32 Å².